The van der Waals surface area contributed by atoms with Gasteiger partial charge in [0.25, 0.3) is 11.7 Å². The molecule has 1 aromatic heterocycles. The zero-order valence-electron chi connectivity index (χ0n) is 20.9. The van der Waals surface area contributed by atoms with E-state index < -0.39 is 23.7 Å². The van der Waals surface area contributed by atoms with Gasteiger partial charge in [-0.2, -0.15) is 0 Å². The molecule has 0 bridgehead atoms. The highest BCUT2D eigenvalue weighted by molar-refractivity contribution is 6.51. The number of esters is 1. The van der Waals surface area contributed by atoms with Crippen LogP contribution in [0.3, 0.4) is 0 Å². The number of hydrogen-bond donors (Lipinski definition) is 1. The molecule has 37 heavy (non-hydrogen) atoms. The number of nitrogens with zero attached hydrogens (tertiary/aromatic N) is 2. The van der Waals surface area contributed by atoms with Crippen molar-refractivity contribution in [1.29, 1.82) is 0 Å². The van der Waals surface area contributed by atoms with Gasteiger partial charge in [0, 0.05) is 23.6 Å². The first-order valence-electron chi connectivity index (χ1n) is 12.1. The van der Waals surface area contributed by atoms with Gasteiger partial charge in [0.2, 0.25) is 0 Å². The maximum Gasteiger partial charge on any atom is 0.338 e. The van der Waals surface area contributed by atoms with Gasteiger partial charge in [0.15, 0.2) is 0 Å². The molecule has 4 rings (SSSR count). The molecule has 3 aromatic rings. The average molecular weight is 501 g/mol. The second-order valence-electron chi connectivity index (χ2n) is 8.83. The zero-order chi connectivity index (χ0) is 26.5. The second kappa shape index (κ2) is 11.1. The molecule has 1 N–H and O–H groups in total. The first-order valence-corrected chi connectivity index (χ1v) is 12.1. The summed E-state index contributed by atoms with van der Waals surface area (Å²) in [5, 5.41) is 11.3. The number of ether oxygens (including phenoxy) is 2. The normalized spacial score (nSPS) is 16.8. The molecule has 1 amide bonds. The second-order valence-corrected chi connectivity index (χ2v) is 8.83. The number of aromatic nitrogens is 1. The highest BCUT2D eigenvalue weighted by atomic mass is 16.5. The molecule has 1 fully saturated rings. The summed E-state index contributed by atoms with van der Waals surface area (Å²) in [5.41, 5.74) is 1.37. The summed E-state index contributed by atoms with van der Waals surface area (Å²) in [4.78, 5) is 44.6. The monoisotopic (exact) mass is 500 g/mol. The summed E-state index contributed by atoms with van der Waals surface area (Å²) < 4.78 is 10.9. The summed E-state index contributed by atoms with van der Waals surface area (Å²) in [5.74, 6) is -1.89. The van der Waals surface area contributed by atoms with Gasteiger partial charge >= 0.3 is 5.97 Å². The van der Waals surface area contributed by atoms with Crippen LogP contribution in [0, 0.1) is 0 Å². The molecular formula is C29H28N2O6. The third-order valence-electron chi connectivity index (χ3n) is 5.75. The summed E-state index contributed by atoms with van der Waals surface area (Å²) in [6, 6.07) is 15.4. The van der Waals surface area contributed by atoms with Gasteiger partial charge in [-0.1, -0.05) is 19.1 Å². The first-order chi connectivity index (χ1) is 17.8. The standard InChI is InChI=1S/C29H28N2O6/c1-4-15-36-23-12-10-19(11-13-23)26(32)24-25(21-8-6-14-30-17-21)31(28(34)27(24)33)22-9-5-7-20(16-22)29(35)37-18(2)3/h5-14,16-18,25,32H,4,15H2,1-3H3/b26-24+. The maximum absolute atomic E-state index is 13.3. The van der Waals surface area contributed by atoms with Crippen LogP contribution >= 0.6 is 0 Å². The van der Waals surface area contributed by atoms with Crippen molar-refractivity contribution in [3.8, 4) is 5.75 Å². The lowest BCUT2D eigenvalue weighted by Gasteiger charge is -2.25. The molecule has 0 saturated carbocycles. The smallest absolute Gasteiger partial charge is 0.338 e. The Kier molecular flexibility index (Phi) is 7.67. The largest absolute Gasteiger partial charge is 0.507 e. The van der Waals surface area contributed by atoms with E-state index in [0.29, 0.717) is 29.2 Å². The number of ketones is 1. The summed E-state index contributed by atoms with van der Waals surface area (Å²) in [7, 11) is 0. The lowest BCUT2D eigenvalue weighted by molar-refractivity contribution is -0.132. The van der Waals surface area contributed by atoms with E-state index in [-0.39, 0.29) is 23.0 Å². The van der Waals surface area contributed by atoms with E-state index in [1.165, 1.54) is 17.2 Å². The van der Waals surface area contributed by atoms with E-state index in [1.54, 1.807) is 74.6 Å². The molecule has 190 valence electrons. The van der Waals surface area contributed by atoms with Crippen LogP contribution in [0.1, 0.15) is 54.7 Å². The number of Topliss-reactive ketones (excluding diaryl/α,β-unsaturated/α-hetero) is 1. The summed E-state index contributed by atoms with van der Waals surface area (Å²) >= 11 is 0. The van der Waals surface area contributed by atoms with Crippen molar-refractivity contribution in [2.45, 2.75) is 39.3 Å². The molecule has 8 heteroatoms. The predicted octanol–water partition coefficient (Wildman–Crippen LogP) is 5.06. The fourth-order valence-corrected chi connectivity index (χ4v) is 4.10. The molecule has 0 radical (unpaired) electrons. The van der Waals surface area contributed by atoms with Gasteiger partial charge < -0.3 is 14.6 Å². The number of benzene rings is 2. The quantitative estimate of drug-likeness (QED) is 0.199. The van der Waals surface area contributed by atoms with Crippen molar-refractivity contribution in [1.82, 2.24) is 4.98 Å². The Morgan fingerprint density at radius 3 is 2.46 bits per heavy atom. The molecule has 1 aliphatic heterocycles. The Labute approximate surface area is 215 Å². The van der Waals surface area contributed by atoms with Gasteiger partial charge in [-0.05, 0) is 74.4 Å². The van der Waals surface area contributed by atoms with Crippen molar-refractivity contribution < 1.29 is 29.0 Å². The van der Waals surface area contributed by atoms with Crippen molar-refractivity contribution in [2.24, 2.45) is 0 Å². The van der Waals surface area contributed by atoms with Crippen LogP contribution in [0.2, 0.25) is 0 Å². The molecule has 0 aliphatic carbocycles. The van der Waals surface area contributed by atoms with Gasteiger partial charge in [-0.3, -0.25) is 19.5 Å². The zero-order valence-corrected chi connectivity index (χ0v) is 20.9. The summed E-state index contributed by atoms with van der Waals surface area (Å²) in [6.45, 7) is 6.04. The van der Waals surface area contributed by atoms with Crippen molar-refractivity contribution in [2.75, 3.05) is 11.5 Å². The van der Waals surface area contributed by atoms with Crippen molar-refractivity contribution in [3.63, 3.8) is 0 Å². The Balaban J connectivity index is 1.81. The number of anilines is 1. The lowest BCUT2D eigenvalue weighted by Crippen LogP contribution is -2.29. The number of aliphatic hydroxyl groups excluding tert-OH is 1. The van der Waals surface area contributed by atoms with Gasteiger partial charge in [-0.15, -0.1) is 0 Å². The van der Waals surface area contributed by atoms with E-state index in [9.17, 15) is 19.5 Å². The molecular weight excluding hydrogens is 472 g/mol. The highest BCUT2D eigenvalue weighted by Crippen LogP contribution is 2.42. The number of amides is 1. The number of carbonyl (C=O) groups excluding carboxylic acids is 3. The number of hydrogen-bond acceptors (Lipinski definition) is 7. The van der Waals surface area contributed by atoms with Gasteiger partial charge in [-0.25, -0.2) is 4.79 Å². The average Bonchev–Trinajstić information content (AvgIpc) is 3.17. The van der Waals surface area contributed by atoms with Crippen LogP contribution < -0.4 is 9.64 Å². The fourth-order valence-electron chi connectivity index (χ4n) is 4.10. The van der Waals surface area contributed by atoms with Crippen molar-refractivity contribution in [3.05, 3.63) is 95.3 Å². The minimum absolute atomic E-state index is 0.0737. The first kappa shape index (κ1) is 25.6. The SMILES string of the molecule is CCCOc1ccc(/C(O)=C2\C(=O)C(=O)N(c3cccc(C(=O)OC(C)C)c3)C2c2cccnc2)cc1. The Morgan fingerprint density at radius 1 is 1.05 bits per heavy atom. The molecule has 1 unspecified atom stereocenters. The Bertz CT molecular complexity index is 1330. The third kappa shape index (κ3) is 5.38. The molecule has 1 aliphatic rings. The van der Waals surface area contributed by atoms with E-state index >= 15 is 0 Å². The van der Waals surface area contributed by atoms with Crippen LogP contribution in [0.25, 0.3) is 5.76 Å². The molecule has 2 heterocycles. The van der Waals surface area contributed by atoms with Gasteiger partial charge in [0.1, 0.15) is 11.5 Å². The molecule has 2 aromatic carbocycles. The van der Waals surface area contributed by atoms with Crippen LogP contribution in [0.5, 0.6) is 5.75 Å². The third-order valence-corrected chi connectivity index (χ3v) is 5.75. The Hall–Kier alpha value is -4.46. The van der Waals surface area contributed by atoms with Gasteiger partial charge in [0.05, 0.1) is 29.9 Å². The lowest BCUT2D eigenvalue weighted by atomic mass is 9.96. The number of aliphatic hydroxyl groups is 1. The number of carbonyl (C=O) groups is 3. The van der Waals surface area contributed by atoms with E-state index in [4.69, 9.17) is 9.47 Å². The van der Waals surface area contributed by atoms with Crippen LogP contribution in [-0.4, -0.2) is 40.5 Å². The van der Waals surface area contributed by atoms with E-state index in [2.05, 4.69) is 4.98 Å². The molecule has 8 nitrogen and oxygen atoms in total. The fraction of sp³-hybridized carbons (Fsp3) is 0.241. The predicted molar refractivity (Wildman–Crippen MR) is 138 cm³/mol. The summed E-state index contributed by atoms with van der Waals surface area (Å²) in [6.07, 6.45) is 3.65. The van der Waals surface area contributed by atoms with E-state index in [0.717, 1.165) is 6.42 Å². The minimum atomic E-state index is -0.957. The molecule has 1 saturated heterocycles. The van der Waals surface area contributed by atoms with Crippen LogP contribution in [0.15, 0.2) is 78.6 Å². The molecule has 1 atom stereocenters. The van der Waals surface area contributed by atoms with Crippen molar-refractivity contribution >= 4 is 29.1 Å². The Morgan fingerprint density at radius 2 is 1.81 bits per heavy atom. The van der Waals surface area contributed by atoms with Crippen LogP contribution in [-0.2, 0) is 14.3 Å². The number of pyridine rings is 1. The minimum Gasteiger partial charge on any atom is -0.507 e. The van der Waals surface area contributed by atoms with E-state index in [1.807, 2.05) is 6.92 Å². The van der Waals surface area contributed by atoms with Crippen LogP contribution in [0.4, 0.5) is 5.69 Å². The topological polar surface area (TPSA) is 106 Å². The molecule has 0 spiro atoms. The number of rotatable bonds is 8. The maximum atomic E-state index is 13.3. The highest BCUT2D eigenvalue weighted by Gasteiger charge is 2.47.